The Balaban J connectivity index is 1.98. The number of halogens is 2. The van der Waals surface area contributed by atoms with Crippen LogP contribution in [0, 0.1) is 5.92 Å². The second-order valence-electron chi connectivity index (χ2n) is 4.76. The van der Waals surface area contributed by atoms with Crippen molar-refractivity contribution < 1.29 is 0 Å². The van der Waals surface area contributed by atoms with Gasteiger partial charge in [-0.1, -0.05) is 44.0 Å². The van der Waals surface area contributed by atoms with Gasteiger partial charge in [0.05, 0.1) is 6.20 Å². The molecule has 2 rings (SSSR count). The minimum atomic E-state index is 0.607. The Kier molecular flexibility index (Phi) is 5.64. The zero-order chi connectivity index (χ0) is 13.7. The van der Waals surface area contributed by atoms with Gasteiger partial charge in [0.25, 0.3) is 0 Å². The van der Waals surface area contributed by atoms with Crippen LogP contribution in [0.3, 0.4) is 0 Å². The Bertz CT molecular complexity index is 505. The molecular formula is C15H18Br2N2. The summed E-state index contributed by atoms with van der Waals surface area (Å²) < 4.78 is 3.12. The Hall–Kier alpha value is -0.610. The van der Waals surface area contributed by atoms with Crippen molar-refractivity contribution in [3.8, 4) is 0 Å². The van der Waals surface area contributed by atoms with Gasteiger partial charge in [-0.25, -0.2) is 0 Å². The summed E-state index contributed by atoms with van der Waals surface area (Å²) in [6.07, 6.45) is 6.30. The van der Waals surface area contributed by atoms with Crippen LogP contribution in [0.25, 0.3) is 0 Å². The molecule has 2 nitrogen and oxygen atoms in total. The van der Waals surface area contributed by atoms with Gasteiger partial charge < -0.3 is 0 Å². The molecule has 1 aromatic carbocycles. The Morgan fingerprint density at radius 3 is 2.42 bits per heavy atom. The molecule has 0 aliphatic heterocycles. The van der Waals surface area contributed by atoms with Crippen LogP contribution in [0.2, 0.25) is 0 Å². The van der Waals surface area contributed by atoms with Crippen molar-refractivity contribution in [1.29, 1.82) is 0 Å². The van der Waals surface area contributed by atoms with E-state index in [4.69, 9.17) is 0 Å². The van der Waals surface area contributed by atoms with E-state index in [0.717, 1.165) is 29.2 Å². The lowest BCUT2D eigenvalue weighted by Crippen LogP contribution is -2.09. The summed E-state index contributed by atoms with van der Waals surface area (Å²) in [7, 11) is 0. The number of hydrogen-bond donors (Lipinski definition) is 0. The normalized spacial score (nSPS) is 12.6. The molecular weight excluding hydrogens is 368 g/mol. The highest BCUT2D eigenvalue weighted by Gasteiger charge is 2.11. The topological polar surface area (TPSA) is 17.8 Å². The van der Waals surface area contributed by atoms with Gasteiger partial charge in [-0.15, -0.1) is 0 Å². The van der Waals surface area contributed by atoms with E-state index in [-0.39, 0.29) is 0 Å². The number of aromatic nitrogens is 2. The molecule has 102 valence electrons. The minimum Gasteiger partial charge on any atom is -0.273 e. The third kappa shape index (κ3) is 4.46. The Morgan fingerprint density at radius 2 is 1.84 bits per heavy atom. The second-order valence-corrected chi connectivity index (χ2v) is 6.32. The molecule has 0 fully saturated rings. The summed E-state index contributed by atoms with van der Waals surface area (Å²) in [4.78, 5) is 0. The quantitative estimate of drug-likeness (QED) is 0.671. The van der Waals surface area contributed by atoms with Crippen molar-refractivity contribution in [2.75, 3.05) is 5.33 Å². The molecule has 0 aliphatic rings. The van der Waals surface area contributed by atoms with Crippen LogP contribution in [0.15, 0.2) is 41.1 Å². The zero-order valence-corrected chi connectivity index (χ0v) is 14.2. The lowest BCUT2D eigenvalue weighted by molar-refractivity contribution is 0.589. The fourth-order valence-corrected chi connectivity index (χ4v) is 2.88. The summed E-state index contributed by atoms with van der Waals surface area (Å²) in [5, 5.41) is 5.35. The molecule has 0 aliphatic carbocycles. The molecule has 1 heterocycles. The van der Waals surface area contributed by atoms with E-state index in [1.54, 1.807) is 0 Å². The van der Waals surface area contributed by atoms with Crippen LogP contribution in [-0.2, 0) is 19.4 Å². The van der Waals surface area contributed by atoms with Gasteiger partial charge in [0, 0.05) is 22.5 Å². The van der Waals surface area contributed by atoms with Crippen molar-refractivity contribution in [3.05, 3.63) is 52.3 Å². The number of nitrogens with zero attached hydrogens (tertiary/aromatic N) is 2. The van der Waals surface area contributed by atoms with Crippen molar-refractivity contribution in [1.82, 2.24) is 9.78 Å². The first-order valence-electron chi connectivity index (χ1n) is 6.53. The molecule has 19 heavy (non-hydrogen) atoms. The molecule has 1 aromatic heterocycles. The Morgan fingerprint density at radius 1 is 1.16 bits per heavy atom. The molecule has 2 aromatic rings. The lowest BCUT2D eigenvalue weighted by atomic mass is 9.96. The summed E-state index contributed by atoms with van der Waals surface area (Å²) in [6, 6.07) is 8.59. The van der Waals surface area contributed by atoms with E-state index in [0.29, 0.717) is 5.92 Å². The summed E-state index contributed by atoms with van der Waals surface area (Å²) in [6.45, 7) is 3.05. The summed E-state index contributed by atoms with van der Waals surface area (Å²) in [5.74, 6) is 0.607. The number of hydrogen-bond acceptors (Lipinski definition) is 1. The van der Waals surface area contributed by atoms with E-state index in [1.165, 1.54) is 11.1 Å². The van der Waals surface area contributed by atoms with Gasteiger partial charge in [-0.2, -0.15) is 5.10 Å². The fraction of sp³-hybridized carbons (Fsp3) is 0.400. The molecule has 0 radical (unpaired) electrons. The van der Waals surface area contributed by atoms with Crippen LogP contribution in [0.4, 0.5) is 0 Å². The summed E-state index contributed by atoms with van der Waals surface area (Å²) in [5.41, 5.74) is 2.71. The SMILES string of the molecule is CCn1cc(CC(CBr)Cc2ccc(Br)cc2)cn1. The number of benzene rings is 1. The predicted molar refractivity (Wildman–Crippen MR) is 86.7 cm³/mol. The average Bonchev–Trinajstić information content (AvgIpc) is 2.88. The molecule has 4 heteroatoms. The van der Waals surface area contributed by atoms with Gasteiger partial charge in [0.15, 0.2) is 0 Å². The van der Waals surface area contributed by atoms with Crippen molar-refractivity contribution in [3.63, 3.8) is 0 Å². The number of rotatable bonds is 6. The summed E-state index contributed by atoms with van der Waals surface area (Å²) >= 11 is 7.11. The third-order valence-electron chi connectivity index (χ3n) is 3.19. The maximum Gasteiger partial charge on any atom is 0.0521 e. The van der Waals surface area contributed by atoms with Gasteiger partial charge in [-0.3, -0.25) is 4.68 Å². The maximum atomic E-state index is 4.34. The highest BCUT2D eigenvalue weighted by atomic mass is 79.9. The predicted octanol–water partition coefficient (Wildman–Crippen LogP) is 4.46. The van der Waals surface area contributed by atoms with Gasteiger partial charge in [0.2, 0.25) is 0 Å². The molecule has 1 atom stereocenters. The average molecular weight is 386 g/mol. The third-order valence-corrected chi connectivity index (χ3v) is 4.64. The first kappa shape index (κ1) is 14.8. The molecule has 0 saturated carbocycles. The van der Waals surface area contributed by atoms with E-state index < -0.39 is 0 Å². The first-order chi connectivity index (χ1) is 9.21. The second kappa shape index (κ2) is 7.25. The molecule has 0 spiro atoms. The van der Waals surface area contributed by atoms with E-state index in [1.807, 2.05) is 10.9 Å². The highest BCUT2D eigenvalue weighted by molar-refractivity contribution is 9.10. The van der Waals surface area contributed by atoms with Crippen LogP contribution in [-0.4, -0.2) is 15.1 Å². The monoisotopic (exact) mass is 384 g/mol. The first-order valence-corrected chi connectivity index (χ1v) is 8.44. The van der Waals surface area contributed by atoms with Gasteiger partial charge in [-0.05, 0) is 48.9 Å². The minimum absolute atomic E-state index is 0.607. The molecule has 1 unspecified atom stereocenters. The van der Waals surface area contributed by atoms with E-state index >= 15 is 0 Å². The van der Waals surface area contributed by atoms with Crippen LogP contribution >= 0.6 is 31.9 Å². The number of alkyl halides is 1. The molecule has 0 saturated heterocycles. The fourth-order valence-electron chi connectivity index (χ4n) is 2.15. The molecule has 0 N–H and O–H groups in total. The Labute approximate surface area is 131 Å². The maximum absolute atomic E-state index is 4.34. The highest BCUT2D eigenvalue weighted by Crippen LogP contribution is 2.18. The van der Waals surface area contributed by atoms with Crippen molar-refractivity contribution in [2.24, 2.45) is 5.92 Å². The standard InChI is InChI=1S/C15H18Br2N2/c1-2-19-11-14(10-18-19)8-13(9-16)7-12-3-5-15(17)6-4-12/h3-6,10-11,13H,2,7-9H2,1H3. The van der Waals surface area contributed by atoms with Crippen LogP contribution < -0.4 is 0 Å². The lowest BCUT2D eigenvalue weighted by Gasteiger charge is -2.13. The molecule has 0 amide bonds. The van der Waals surface area contributed by atoms with E-state index in [9.17, 15) is 0 Å². The van der Waals surface area contributed by atoms with Crippen molar-refractivity contribution >= 4 is 31.9 Å². The van der Waals surface area contributed by atoms with Crippen LogP contribution in [0.5, 0.6) is 0 Å². The van der Waals surface area contributed by atoms with Crippen molar-refractivity contribution in [2.45, 2.75) is 26.3 Å². The zero-order valence-electron chi connectivity index (χ0n) is 11.0. The van der Waals surface area contributed by atoms with Gasteiger partial charge >= 0.3 is 0 Å². The van der Waals surface area contributed by atoms with Crippen LogP contribution in [0.1, 0.15) is 18.1 Å². The van der Waals surface area contributed by atoms with E-state index in [2.05, 4.69) is 74.3 Å². The number of aryl methyl sites for hydroxylation is 1. The largest absolute Gasteiger partial charge is 0.273 e. The molecule has 0 bridgehead atoms. The smallest absolute Gasteiger partial charge is 0.0521 e. The van der Waals surface area contributed by atoms with Gasteiger partial charge in [0.1, 0.15) is 0 Å².